The van der Waals surface area contributed by atoms with Gasteiger partial charge < -0.3 is 0 Å². The summed E-state index contributed by atoms with van der Waals surface area (Å²) in [5.41, 5.74) is 10.4. The van der Waals surface area contributed by atoms with Crippen molar-refractivity contribution in [1.82, 2.24) is 0 Å². The number of fused-ring (bicyclic) bond motifs is 5. The summed E-state index contributed by atoms with van der Waals surface area (Å²) in [7, 11) is 0. The molecule has 0 spiro atoms. The van der Waals surface area contributed by atoms with Gasteiger partial charge in [-0.15, -0.1) is 24.8 Å². The Labute approximate surface area is 284 Å². The van der Waals surface area contributed by atoms with Gasteiger partial charge in [0.15, 0.2) is 0 Å². The van der Waals surface area contributed by atoms with Crippen LogP contribution in [0.1, 0.15) is 67.5 Å². The first-order chi connectivity index (χ1) is 20.9. The summed E-state index contributed by atoms with van der Waals surface area (Å²) in [4.78, 5) is 0. The second kappa shape index (κ2) is 10.8. The monoisotopic (exact) mass is 728 g/mol. The van der Waals surface area contributed by atoms with E-state index in [0.29, 0.717) is 0 Å². The van der Waals surface area contributed by atoms with Crippen LogP contribution in [-0.4, -0.2) is 4.21 Å². The molecular formula is C41H38Cl2F2Zr. The van der Waals surface area contributed by atoms with Crippen LogP contribution in [-0.2, 0) is 35.5 Å². The van der Waals surface area contributed by atoms with Crippen LogP contribution in [0.4, 0.5) is 8.78 Å². The first-order valence-corrected chi connectivity index (χ1v) is 22.3. The molecule has 0 unspecified atom stereocenters. The predicted molar refractivity (Wildman–Crippen MR) is 193 cm³/mol. The van der Waals surface area contributed by atoms with Crippen molar-refractivity contribution in [2.75, 3.05) is 0 Å². The molecule has 0 heterocycles. The van der Waals surface area contributed by atoms with Gasteiger partial charge in [0.25, 0.3) is 0 Å². The second-order valence-electron chi connectivity index (χ2n) is 14.4. The van der Waals surface area contributed by atoms with Crippen LogP contribution in [0.3, 0.4) is 0 Å². The van der Waals surface area contributed by atoms with Crippen LogP contribution >= 0.6 is 24.8 Å². The van der Waals surface area contributed by atoms with Gasteiger partial charge in [-0.3, -0.25) is 0 Å². The van der Waals surface area contributed by atoms with E-state index in [0.717, 1.165) is 19.4 Å². The molecule has 0 N–H and O–H groups in total. The summed E-state index contributed by atoms with van der Waals surface area (Å²) in [6, 6.07) is 23.7. The van der Waals surface area contributed by atoms with E-state index in [2.05, 4.69) is 88.4 Å². The van der Waals surface area contributed by atoms with Crippen LogP contribution in [0, 0.1) is 11.6 Å². The Morgan fingerprint density at radius 1 is 0.717 bits per heavy atom. The van der Waals surface area contributed by atoms with Crippen molar-refractivity contribution < 1.29 is 27.1 Å². The van der Waals surface area contributed by atoms with E-state index in [4.69, 9.17) is 4.21 Å². The molecule has 0 aromatic heterocycles. The Bertz CT molecular complexity index is 2080. The van der Waals surface area contributed by atoms with Crippen LogP contribution < -0.4 is 6.54 Å². The van der Waals surface area contributed by atoms with Gasteiger partial charge >= 0.3 is 261 Å². The Morgan fingerprint density at radius 2 is 1.26 bits per heavy atom. The molecule has 0 amide bonds. The molecule has 0 atom stereocenters. The molecule has 4 aliphatic carbocycles. The fourth-order valence-electron chi connectivity index (χ4n) is 8.91. The fraction of sp³-hybridized carbons (Fsp3) is 0.195. The van der Waals surface area contributed by atoms with Crippen molar-refractivity contribution >= 4 is 47.7 Å². The molecule has 4 aromatic rings. The fourth-order valence-corrected chi connectivity index (χ4v) is 25.8. The third kappa shape index (κ3) is 4.27. The molecule has 0 bridgehead atoms. The maximum atomic E-state index is 14.5. The Kier molecular flexibility index (Phi) is 7.72. The first-order valence-electron chi connectivity index (χ1n) is 15.6. The van der Waals surface area contributed by atoms with E-state index in [-0.39, 0.29) is 47.3 Å². The summed E-state index contributed by atoms with van der Waals surface area (Å²) in [5, 5.41) is 0. The van der Waals surface area contributed by atoms with Gasteiger partial charge in [0.1, 0.15) is 0 Å². The average molecular weight is 731 g/mol. The van der Waals surface area contributed by atoms with Crippen LogP contribution in [0.15, 0.2) is 104 Å². The van der Waals surface area contributed by atoms with Crippen LogP contribution in [0.25, 0.3) is 23.3 Å². The molecular weight excluding hydrogens is 693 g/mol. The summed E-state index contributed by atoms with van der Waals surface area (Å²) in [5.74, 6) is -0.532. The van der Waals surface area contributed by atoms with E-state index < -0.39 is 18.3 Å². The van der Waals surface area contributed by atoms with Crippen molar-refractivity contribution in [3.8, 4) is 11.1 Å². The normalized spacial score (nSPS) is 17.7. The minimum absolute atomic E-state index is 0. The molecule has 4 aromatic carbocycles. The predicted octanol–water partition coefficient (Wildman–Crippen LogP) is 9.93. The second-order valence-corrected chi connectivity index (χ2v) is 27.3. The number of hydrogen-bond acceptors (Lipinski definition) is 0. The Balaban J connectivity index is 0.00000186. The van der Waals surface area contributed by atoms with Crippen molar-refractivity contribution in [3.63, 3.8) is 0 Å². The van der Waals surface area contributed by atoms with E-state index in [1.54, 1.807) is 24.3 Å². The Morgan fingerprint density at radius 3 is 1.80 bits per heavy atom. The van der Waals surface area contributed by atoms with Crippen LogP contribution in [0.5, 0.6) is 0 Å². The standard InChI is InChI=1S/C23H21.2C6H4F.C5H5.CH2.2ClH.Zr/c1-22(2)7-5-14-10-18-16(12-20(14)22)9-17-13-21-15(11-19(17)18)6-8-23(21,3)4;2*7-6-4-2-1-3-5-6;1-2-4-5-3-1;;;;/h5-7,10-13H,9H2,1-4H3;2*2-5H;1-3H,4H2;1H2;2*1H;. The summed E-state index contributed by atoms with van der Waals surface area (Å²) >= 11 is -4.98. The number of rotatable bonds is 4. The molecule has 5 heteroatoms. The quantitative estimate of drug-likeness (QED) is 0.173. The number of allylic oxidation sites excluding steroid dienone is 6. The van der Waals surface area contributed by atoms with Gasteiger partial charge in [0.2, 0.25) is 0 Å². The molecule has 0 saturated heterocycles. The average Bonchev–Trinajstić information content (AvgIpc) is 3.77. The van der Waals surface area contributed by atoms with E-state index in [9.17, 15) is 8.78 Å². The molecule has 0 radical (unpaired) electrons. The first kappa shape index (κ1) is 33.0. The molecule has 234 valence electrons. The molecule has 0 nitrogen and oxygen atoms in total. The molecule has 8 rings (SSSR count). The minimum atomic E-state index is -4.98. The van der Waals surface area contributed by atoms with Gasteiger partial charge in [-0.2, -0.15) is 0 Å². The number of benzene rings is 4. The van der Waals surface area contributed by atoms with Crippen LogP contribution in [0.2, 0.25) is 0 Å². The molecule has 0 saturated carbocycles. The molecule has 0 fully saturated rings. The number of halogens is 4. The van der Waals surface area contributed by atoms with E-state index in [1.165, 1.54) is 51.1 Å². The van der Waals surface area contributed by atoms with Crippen molar-refractivity contribution in [3.05, 3.63) is 149 Å². The summed E-state index contributed by atoms with van der Waals surface area (Å²) < 4.78 is 39.1. The van der Waals surface area contributed by atoms with Crippen molar-refractivity contribution in [2.45, 2.75) is 51.4 Å². The zero-order valence-electron chi connectivity index (χ0n) is 26.6. The zero-order chi connectivity index (χ0) is 30.7. The zero-order valence-corrected chi connectivity index (χ0v) is 30.7. The van der Waals surface area contributed by atoms with Gasteiger partial charge in [0, 0.05) is 0 Å². The van der Waals surface area contributed by atoms with Crippen molar-refractivity contribution in [1.29, 1.82) is 0 Å². The van der Waals surface area contributed by atoms with E-state index in [1.807, 2.05) is 24.3 Å². The summed E-state index contributed by atoms with van der Waals surface area (Å²) in [6.45, 7) is 9.24. The maximum absolute atomic E-state index is 14.5. The topological polar surface area (TPSA) is 0 Å². The van der Waals surface area contributed by atoms with Gasteiger partial charge in [-0.1, -0.05) is 0 Å². The van der Waals surface area contributed by atoms with E-state index >= 15 is 0 Å². The molecule has 46 heavy (non-hydrogen) atoms. The van der Waals surface area contributed by atoms with Gasteiger partial charge in [0.05, 0.1) is 0 Å². The van der Waals surface area contributed by atoms with Gasteiger partial charge in [-0.05, 0) is 0 Å². The summed E-state index contributed by atoms with van der Waals surface area (Å²) in [6.07, 6.45) is 15.2. The third-order valence-electron chi connectivity index (χ3n) is 11.3. The molecule has 4 aliphatic rings. The van der Waals surface area contributed by atoms with Crippen molar-refractivity contribution in [2.24, 2.45) is 0 Å². The number of hydrogen-bond donors (Lipinski definition) is 0. The third-order valence-corrected chi connectivity index (χ3v) is 28.4. The Hall–Kier alpha value is -2.97. The molecule has 0 aliphatic heterocycles. The van der Waals surface area contributed by atoms with Gasteiger partial charge in [-0.25, -0.2) is 0 Å². The SMILES string of the molecule is Cl.Cl.[CH2]=[Zr]([C]1=CC=CC1)([C]1=Cc2cc3c(cc2C1(C)C)Cc1cc2c(cc1-3)C=CC2(C)C)([c]1ccc(F)cc1)[c]1ccc(F)cc1.